The fourth-order valence-electron chi connectivity index (χ4n) is 1.94. The summed E-state index contributed by atoms with van der Waals surface area (Å²) in [6.45, 7) is 3.60. The largest absolute Gasteiger partial charge is 0.507 e. The number of phenols is 1. The van der Waals surface area contributed by atoms with Crippen LogP contribution in [-0.4, -0.2) is 22.0 Å². The van der Waals surface area contributed by atoms with E-state index in [4.69, 9.17) is 0 Å². The molecule has 2 aromatic carbocycles. The molecule has 5 heteroatoms. The average Bonchev–Trinajstić information content (AvgIpc) is 2.58. The Bertz CT molecular complexity index is 686. The average molecular weight is 328 g/mol. The lowest BCUT2D eigenvalue weighted by Gasteiger charge is -2.10. The van der Waals surface area contributed by atoms with Crippen LogP contribution >= 0.6 is 11.8 Å². The van der Waals surface area contributed by atoms with E-state index in [0.29, 0.717) is 11.3 Å². The number of aromatic hydroxyl groups is 1. The molecule has 0 bridgehead atoms. The molecule has 1 amide bonds. The number of carbonyl (C=O) groups excluding carboxylic acids is 1. The molecule has 23 heavy (non-hydrogen) atoms. The summed E-state index contributed by atoms with van der Waals surface area (Å²) in [6.07, 6.45) is 0. The predicted molar refractivity (Wildman–Crippen MR) is 95.7 cm³/mol. The molecule has 0 heterocycles. The monoisotopic (exact) mass is 328 g/mol. The highest BCUT2D eigenvalue weighted by atomic mass is 32.2. The number of rotatable bonds is 6. The summed E-state index contributed by atoms with van der Waals surface area (Å²) in [5, 5.41) is 13.6. The van der Waals surface area contributed by atoms with Gasteiger partial charge in [0.1, 0.15) is 5.75 Å². The number of carbonyl (C=O) groups is 1. The highest BCUT2D eigenvalue weighted by Gasteiger charge is 2.13. The Balaban J connectivity index is 1.88. The second-order valence-corrected chi connectivity index (χ2v) is 6.46. The molecule has 1 unspecified atom stereocenters. The Morgan fingerprint density at radius 2 is 1.83 bits per heavy atom. The van der Waals surface area contributed by atoms with Crippen LogP contribution in [0.5, 0.6) is 5.75 Å². The Morgan fingerprint density at radius 3 is 2.52 bits per heavy atom. The summed E-state index contributed by atoms with van der Waals surface area (Å²) < 4.78 is 0. The zero-order valence-electron chi connectivity index (χ0n) is 13.2. The summed E-state index contributed by atoms with van der Waals surface area (Å²) in [4.78, 5) is 12.1. The van der Waals surface area contributed by atoms with Crippen molar-refractivity contribution >= 4 is 23.4 Å². The van der Waals surface area contributed by atoms with E-state index in [9.17, 15) is 9.90 Å². The number of nitrogens with zero attached hydrogens (tertiary/aromatic N) is 1. The Hall–Kier alpha value is -2.27. The SMILES string of the molecule is C/C(=N\NC(=O)C(C)SCc1ccccc1)c1ccccc1O. The number of amides is 1. The third kappa shape index (κ3) is 5.14. The predicted octanol–water partition coefficient (Wildman–Crippen LogP) is 3.55. The minimum absolute atomic E-state index is 0.148. The van der Waals surface area contributed by atoms with Crippen LogP contribution in [0.15, 0.2) is 59.7 Å². The number of para-hydroxylation sites is 1. The molecule has 0 radical (unpaired) electrons. The maximum Gasteiger partial charge on any atom is 0.252 e. The van der Waals surface area contributed by atoms with Crippen molar-refractivity contribution in [1.29, 1.82) is 0 Å². The molecule has 0 fully saturated rings. The standard InChI is InChI=1S/C18H20N2O2S/c1-13(16-10-6-7-11-17(16)21)19-20-18(22)14(2)23-12-15-8-4-3-5-9-15/h3-11,14,21H,12H2,1-2H3,(H,20,22)/b19-13+. The van der Waals surface area contributed by atoms with Crippen LogP contribution < -0.4 is 5.43 Å². The second kappa shape index (κ2) is 8.39. The van der Waals surface area contributed by atoms with Crippen molar-refractivity contribution in [2.24, 2.45) is 5.10 Å². The summed E-state index contributed by atoms with van der Waals surface area (Å²) in [5.74, 6) is 0.771. The van der Waals surface area contributed by atoms with E-state index >= 15 is 0 Å². The molecule has 0 spiro atoms. The lowest BCUT2D eigenvalue weighted by atomic mass is 10.1. The number of phenolic OH excluding ortho intramolecular Hbond substituents is 1. The van der Waals surface area contributed by atoms with Crippen LogP contribution in [0.3, 0.4) is 0 Å². The quantitative estimate of drug-likeness (QED) is 0.629. The summed E-state index contributed by atoms with van der Waals surface area (Å²) in [6, 6.07) is 16.9. The molecule has 0 saturated carbocycles. The van der Waals surface area contributed by atoms with Gasteiger partial charge in [-0.1, -0.05) is 42.5 Å². The molecule has 120 valence electrons. The first-order valence-corrected chi connectivity index (χ1v) is 8.41. The number of nitrogens with one attached hydrogen (secondary N) is 1. The molecule has 0 aliphatic heterocycles. The van der Waals surface area contributed by atoms with Gasteiger partial charge in [0.2, 0.25) is 0 Å². The number of benzene rings is 2. The molecule has 1 atom stereocenters. The summed E-state index contributed by atoms with van der Waals surface area (Å²) >= 11 is 1.56. The van der Waals surface area contributed by atoms with E-state index in [1.54, 1.807) is 36.9 Å². The van der Waals surface area contributed by atoms with Gasteiger partial charge in [-0.05, 0) is 31.5 Å². The van der Waals surface area contributed by atoms with Gasteiger partial charge in [-0.25, -0.2) is 5.43 Å². The Labute approximate surface area is 140 Å². The summed E-state index contributed by atoms with van der Waals surface area (Å²) in [7, 11) is 0. The second-order valence-electron chi connectivity index (χ2n) is 5.13. The maximum absolute atomic E-state index is 12.1. The zero-order valence-corrected chi connectivity index (χ0v) is 14.0. The van der Waals surface area contributed by atoms with Crippen molar-refractivity contribution in [3.8, 4) is 5.75 Å². The van der Waals surface area contributed by atoms with Gasteiger partial charge in [0.25, 0.3) is 5.91 Å². The van der Waals surface area contributed by atoms with Gasteiger partial charge in [0, 0.05) is 11.3 Å². The van der Waals surface area contributed by atoms with Gasteiger partial charge in [0.05, 0.1) is 11.0 Å². The van der Waals surface area contributed by atoms with Crippen LogP contribution in [-0.2, 0) is 10.5 Å². The van der Waals surface area contributed by atoms with Gasteiger partial charge >= 0.3 is 0 Å². The first-order valence-electron chi connectivity index (χ1n) is 7.36. The molecule has 0 saturated heterocycles. The molecule has 2 rings (SSSR count). The van der Waals surface area contributed by atoms with Gasteiger partial charge < -0.3 is 5.11 Å². The zero-order chi connectivity index (χ0) is 16.7. The molecule has 0 aromatic heterocycles. The fourth-order valence-corrected chi connectivity index (χ4v) is 2.78. The van der Waals surface area contributed by atoms with Gasteiger partial charge in [-0.15, -0.1) is 11.8 Å². The van der Waals surface area contributed by atoms with E-state index in [2.05, 4.69) is 10.5 Å². The van der Waals surface area contributed by atoms with Gasteiger partial charge in [0.15, 0.2) is 0 Å². The first-order chi connectivity index (χ1) is 11.1. The maximum atomic E-state index is 12.1. The molecular formula is C18H20N2O2S. The smallest absolute Gasteiger partial charge is 0.252 e. The van der Waals surface area contributed by atoms with Gasteiger partial charge in [-0.2, -0.15) is 5.10 Å². The van der Waals surface area contributed by atoms with Crippen molar-refractivity contribution in [3.05, 3.63) is 65.7 Å². The van der Waals surface area contributed by atoms with Crippen molar-refractivity contribution in [2.75, 3.05) is 0 Å². The topological polar surface area (TPSA) is 61.7 Å². The third-order valence-electron chi connectivity index (χ3n) is 3.34. The minimum atomic E-state index is -0.212. The molecule has 0 aliphatic carbocycles. The highest BCUT2D eigenvalue weighted by Crippen LogP contribution is 2.18. The minimum Gasteiger partial charge on any atom is -0.507 e. The number of hydrogen-bond donors (Lipinski definition) is 2. The Kier molecular flexibility index (Phi) is 6.23. The lowest BCUT2D eigenvalue weighted by Crippen LogP contribution is -2.27. The molecule has 0 aliphatic rings. The first kappa shape index (κ1) is 17.1. The molecule has 4 nitrogen and oxygen atoms in total. The molecular weight excluding hydrogens is 308 g/mol. The van der Waals surface area contributed by atoms with Crippen LogP contribution in [0.1, 0.15) is 25.0 Å². The third-order valence-corrected chi connectivity index (χ3v) is 4.55. The van der Waals surface area contributed by atoms with Crippen molar-refractivity contribution in [2.45, 2.75) is 24.9 Å². The van der Waals surface area contributed by atoms with Gasteiger partial charge in [-0.3, -0.25) is 4.79 Å². The van der Waals surface area contributed by atoms with Crippen LogP contribution in [0, 0.1) is 0 Å². The van der Waals surface area contributed by atoms with E-state index in [1.807, 2.05) is 43.3 Å². The Morgan fingerprint density at radius 1 is 1.17 bits per heavy atom. The normalized spacial score (nSPS) is 12.7. The molecule has 2 aromatic rings. The number of hydrazone groups is 1. The van der Waals surface area contributed by atoms with E-state index < -0.39 is 0 Å². The van der Waals surface area contributed by atoms with Crippen LogP contribution in [0.4, 0.5) is 0 Å². The van der Waals surface area contributed by atoms with Crippen molar-refractivity contribution in [3.63, 3.8) is 0 Å². The van der Waals surface area contributed by atoms with Crippen molar-refractivity contribution in [1.82, 2.24) is 5.43 Å². The van der Waals surface area contributed by atoms with E-state index in [-0.39, 0.29) is 16.9 Å². The fraction of sp³-hybridized carbons (Fsp3) is 0.222. The highest BCUT2D eigenvalue weighted by molar-refractivity contribution is 7.99. The van der Waals surface area contributed by atoms with E-state index in [0.717, 1.165) is 5.75 Å². The number of thioether (sulfide) groups is 1. The number of hydrogen-bond acceptors (Lipinski definition) is 4. The van der Waals surface area contributed by atoms with Crippen LogP contribution in [0.25, 0.3) is 0 Å². The lowest BCUT2D eigenvalue weighted by molar-refractivity contribution is -0.120. The molecule has 2 N–H and O–H groups in total. The van der Waals surface area contributed by atoms with Crippen molar-refractivity contribution < 1.29 is 9.90 Å². The van der Waals surface area contributed by atoms with Crippen LogP contribution in [0.2, 0.25) is 0 Å². The van der Waals surface area contributed by atoms with E-state index in [1.165, 1.54) is 5.56 Å². The summed E-state index contributed by atoms with van der Waals surface area (Å²) in [5.41, 5.74) is 4.92.